The molecule has 0 amide bonds. The second kappa shape index (κ2) is 6.98. The van der Waals surface area contributed by atoms with Gasteiger partial charge in [-0.1, -0.05) is 12.1 Å². The Labute approximate surface area is 128 Å². The van der Waals surface area contributed by atoms with Crippen molar-refractivity contribution in [2.75, 3.05) is 0 Å². The quantitative estimate of drug-likeness (QED) is 0.839. The average molecular weight is 301 g/mol. The van der Waals surface area contributed by atoms with Gasteiger partial charge in [-0.05, 0) is 61.4 Å². The Hall–Kier alpha value is -2.49. The fourth-order valence-corrected chi connectivity index (χ4v) is 1.99. The molecule has 0 fully saturated rings. The molecule has 2 nitrogen and oxygen atoms in total. The highest BCUT2D eigenvalue weighted by atomic mass is 19.1. The number of halogens is 2. The Kier molecular flexibility index (Phi) is 5.04. The van der Waals surface area contributed by atoms with Crippen LogP contribution in [0.3, 0.4) is 0 Å². The van der Waals surface area contributed by atoms with E-state index in [0.717, 1.165) is 11.1 Å². The molecule has 0 aliphatic rings. The lowest BCUT2D eigenvalue weighted by molar-refractivity contribution is 0.0957. The van der Waals surface area contributed by atoms with Crippen LogP contribution in [0, 0.1) is 11.6 Å². The third-order valence-electron chi connectivity index (χ3n) is 3.37. The molecule has 22 heavy (non-hydrogen) atoms. The Morgan fingerprint density at radius 3 is 1.91 bits per heavy atom. The maximum absolute atomic E-state index is 12.9. The number of hydrogen-bond acceptors (Lipinski definition) is 2. The molecule has 1 N–H and O–H groups in total. The third kappa shape index (κ3) is 4.01. The van der Waals surface area contributed by atoms with Gasteiger partial charge in [-0.25, -0.2) is 8.78 Å². The van der Waals surface area contributed by atoms with Gasteiger partial charge in [-0.2, -0.15) is 0 Å². The summed E-state index contributed by atoms with van der Waals surface area (Å²) >= 11 is 0. The van der Waals surface area contributed by atoms with E-state index in [1.807, 2.05) is 6.92 Å². The molecule has 4 heteroatoms. The summed E-state index contributed by atoms with van der Waals surface area (Å²) < 4.78 is 25.7. The summed E-state index contributed by atoms with van der Waals surface area (Å²) in [5.41, 5.74) is 2.21. The molecule has 0 saturated heterocycles. The summed E-state index contributed by atoms with van der Waals surface area (Å²) in [7, 11) is 0. The molecule has 114 valence electrons. The van der Waals surface area contributed by atoms with E-state index in [1.165, 1.54) is 36.4 Å². The maximum atomic E-state index is 12.9. The van der Waals surface area contributed by atoms with Crippen molar-refractivity contribution in [3.05, 3.63) is 77.5 Å². The van der Waals surface area contributed by atoms with Gasteiger partial charge in [-0.15, -0.1) is 0 Å². The van der Waals surface area contributed by atoms with Gasteiger partial charge in [0.1, 0.15) is 11.6 Å². The van der Waals surface area contributed by atoms with Crippen LogP contribution in [0.4, 0.5) is 8.78 Å². The van der Waals surface area contributed by atoms with E-state index in [9.17, 15) is 13.6 Å². The molecular formula is C18H17F2NO. The van der Waals surface area contributed by atoms with Crippen molar-refractivity contribution in [3.8, 4) is 0 Å². The van der Waals surface area contributed by atoms with E-state index >= 15 is 0 Å². The van der Waals surface area contributed by atoms with Gasteiger partial charge in [0, 0.05) is 11.8 Å². The smallest absolute Gasteiger partial charge is 0.184 e. The van der Waals surface area contributed by atoms with Gasteiger partial charge in [0.05, 0.1) is 6.04 Å². The summed E-state index contributed by atoms with van der Waals surface area (Å²) in [6.45, 7) is 3.61. The second-order valence-corrected chi connectivity index (χ2v) is 5.09. The fourth-order valence-electron chi connectivity index (χ4n) is 1.99. The lowest BCUT2D eigenvalue weighted by atomic mass is 10.0. The van der Waals surface area contributed by atoms with Gasteiger partial charge >= 0.3 is 0 Å². The summed E-state index contributed by atoms with van der Waals surface area (Å²) in [5, 5.41) is 3.01. The number of benzene rings is 2. The minimum absolute atomic E-state index is 0.122. The van der Waals surface area contributed by atoms with Gasteiger partial charge in [-0.3, -0.25) is 4.79 Å². The van der Waals surface area contributed by atoms with E-state index in [0.29, 0.717) is 5.56 Å². The number of Topliss-reactive ketones (excluding diaryl/α,β-unsaturated/α-hetero) is 1. The molecule has 0 heterocycles. The number of rotatable bonds is 5. The lowest BCUT2D eigenvalue weighted by Crippen LogP contribution is -2.30. The van der Waals surface area contributed by atoms with Crippen LogP contribution < -0.4 is 5.32 Å². The second-order valence-electron chi connectivity index (χ2n) is 5.09. The van der Waals surface area contributed by atoms with Crippen LogP contribution in [0.15, 0.2) is 54.7 Å². The van der Waals surface area contributed by atoms with Crippen molar-refractivity contribution in [2.24, 2.45) is 0 Å². The summed E-state index contributed by atoms with van der Waals surface area (Å²) in [6.07, 6.45) is 1.72. The van der Waals surface area contributed by atoms with Crippen LogP contribution in [0.1, 0.15) is 29.8 Å². The van der Waals surface area contributed by atoms with Gasteiger partial charge in [0.25, 0.3) is 0 Å². The monoisotopic (exact) mass is 301 g/mol. The number of carbonyl (C=O) groups is 1. The van der Waals surface area contributed by atoms with Crippen LogP contribution in [0.2, 0.25) is 0 Å². The first-order valence-electron chi connectivity index (χ1n) is 6.96. The predicted octanol–water partition coefficient (Wildman–Crippen LogP) is 4.19. The maximum Gasteiger partial charge on any atom is 0.184 e. The van der Waals surface area contributed by atoms with Crippen molar-refractivity contribution >= 4 is 11.4 Å². The van der Waals surface area contributed by atoms with Crippen molar-refractivity contribution in [2.45, 2.75) is 19.9 Å². The highest BCUT2D eigenvalue weighted by Gasteiger charge is 2.13. The van der Waals surface area contributed by atoms with E-state index in [-0.39, 0.29) is 17.4 Å². The van der Waals surface area contributed by atoms with Crippen LogP contribution in [-0.4, -0.2) is 11.8 Å². The highest BCUT2D eigenvalue weighted by molar-refractivity contribution is 5.99. The van der Waals surface area contributed by atoms with Crippen molar-refractivity contribution in [3.63, 3.8) is 0 Å². The molecule has 0 aliphatic heterocycles. The minimum atomic E-state index is -0.444. The summed E-state index contributed by atoms with van der Waals surface area (Å²) in [5.74, 6) is -0.781. The molecular weight excluding hydrogens is 284 g/mol. The van der Waals surface area contributed by atoms with E-state index in [1.54, 1.807) is 25.3 Å². The predicted molar refractivity (Wildman–Crippen MR) is 83.4 cm³/mol. The number of carbonyl (C=O) groups excluding carboxylic acids is 1. The van der Waals surface area contributed by atoms with Gasteiger partial charge < -0.3 is 5.32 Å². The first-order chi connectivity index (χ1) is 10.5. The lowest BCUT2D eigenvalue weighted by Gasteiger charge is -2.12. The molecule has 1 unspecified atom stereocenters. The fraction of sp³-hybridized carbons (Fsp3) is 0.167. The van der Waals surface area contributed by atoms with Crippen molar-refractivity contribution in [1.82, 2.24) is 5.32 Å². The van der Waals surface area contributed by atoms with E-state index in [4.69, 9.17) is 0 Å². The molecule has 0 radical (unpaired) electrons. The summed E-state index contributed by atoms with van der Waals surface area (Å²) in [6, 6.07) is 11.1. The standard InChI is InChI=1S/C18H17F2NO/c1-12(14-3-7-16(19)8-4-14)11-21-13(2)18(22)15-5-9-17(20)10-6-15/h3-11,13,21H,1-2H3/b12-11+. The van der Waals surface area contributed by atoms with Gasteiger partial charge in [0.15, 0.2) is 5.78 Å². The average Bonchev–Trinajstić information content (AvgIpc) is 2.53. The number of nitrogens with one attached hydrogen (secondary N) is 1. The molecule has 0 aliphatic carbocycles. The molecule has 2 aromatic rings. The van der Waals surface area contributed by atoms with Crippen LogP contribution in [0.5, 0.6) is 0 Å². The minimum Gasteiger partial charge on any atom is -0.381 e. The van der Waals surface area contributed by atoms with Crippen LogP contribution in [0.25, 0.3) is 5.57 Å². The van der Waals surface area contributed by atoms with E-state index < -0.39 is 6.04 Å². The largest absolute Gasteiger partial charge is 0.381 e. The SMILES string of the molecule is C/C(=C\NC(C)C(=O)c1ccc(F)cc1)c1ccc(F)cc1. The zero-order chi connectivity index (χ0) is 16.1. The first kappa shape index (κ1) is 15.9. The van der Waals surface area contributed by atoms with Crippen LogP contribution in [-0.2, 0) is 0 Å². The van der Waals surface area contributed by atoms with Crippen molar-refractivity contribution in [1.29, 1.82) is 0 Å². The molecule has 0 bridgehead atoms. The summed E-state index contributed by atoms with van der Waals surface area (Å²) in [4.78, 5) is 12.2. The molecule has 0 aromatic heterocycles. The van der Waals surface area contributed by atoms with Gasteiger partial charge in [0.2, 0.25) is 0 Å². The zero-order valence-corrected chi connectivity index (χ0v) is 12.4. The molecule has 0 spiro atoms. The van der Waals surface area contributed by atoms with E-state index in [2.05, 4.69) is 5.32 Å². The number of allylic oxidation sites excluding steroid dienone is 1. The topological polar surface area (TPSA) is 29.1 Å². The normalized spacial score (nSPS) is 12.8. The Balaban J connectivity index is 2.03. The Bertz CT molecular complexity index is 675. The Morgan fingerprint density at radius 2 is 1.41 bits per heavy atom. The molecule has 0 saturated carbocycles. The first-order valence-corrected chi connectivity index (χ1v) is 6.96. The van der Waals surface area contributed by atoms with Crippen LogP contribution >= 0.6 is 0 Å². The number of hydrogen-bond donors (Lipinski definition) is 1. The highest BCUT2D eigenvalue weighted by Crippen LogP contribution is 2.13. The molecule has 1 atom stereocenters. The molecule has 2 aromatic carbocycles. The molecule has 2 rings (SSSR count). The van der Waals surface area contributed by atoms with Crippen molar-refractivity contribution < 1.29 is 13.6 Å². The zero-order valence-electron chi connectivity index (χ0n) is 12.4. The third-order valence-corrected chi connectivity index (χ3v) is 3.37. The number of ketones is 1. The Morgan fingerprint density at radius 1 is 0.955 bits per heavy atom.